The SMILES string of the molecule is NC(=O)c1ccc(-c2cnc3c(c2)C(C(=O)c2ccc4nsnc4c2)CN3)cc1. The first-order valence-electron chi connectivity index (χ1n) is 9.01. The van der Waals surface area contributed by atoms with Gasteiger partial charge >= 0.3 is 0 Å². The summed E-state index contributed by atoms with van der Waals surface area (Å²) in [6.07, 6.45) is 1.75. The van der Waals surface area contributed by atoms with Gasteiger partial charge in [0, 0.05) is 35.0 Å². The van der Waals surface area contributed by atoms with Gasteiger partial charge in [0.15, 0.2) is 5.78 Å². The molecular weight excluding hydrogens is 386 g/mol. The van der Waals surface area contributed by atoms with E-state index in [-0.39, 0.29) is 11.7 Å². The number of nitrogens with zero attached hydrogens (tertiary/aromatic N) is 3. The van der Waals surface area contributed by atoms with E-state index in [0.29, 0.717) is 17.7 Å². The number of primary amides is 1. The van der Waals surface area contributed by atoms with Crippen LogP contribution in [0.5, 0.6) is 0 Å². The van der Waals surface area contributed by atoms with E-state index in [4.69, 9.17) is 5.73 Å². The molecule has 3 N–H and O–H groups in total. The van der Waals surface area contributed by atoms with E-state index in [2.05, 4.69) is 19.0 Å². The third-order valence-corrected chi connectivity index (χ3v) is 5.68. The molecule has 2 aromatic heterocycles. The van der Waals surface area contributed by atoms with Gasteiger partial charge in [-0.2, -0.15) is 8.75 Å². The lowest BCUT2D eigenvalue weighted by molar-refractivity contribution is 0.0965. The average Bonchev–Trinajstić information content (AvgIpc) is 3.39. The molecule has 8 heteroatoms. The number of anilines is 1. The van der Waals surface area contributed by atoms with Crippen molar-refractivity contribution in [2.24, 2.45) is 5.73 Å². The number of rotatable bonds is 4. The second kappa shape index (κ2) is 6.75. The Hall–Kier alpha value is -3.65. The smallest absolute Gasteiger partial charge is 0.248 e. The topological polar surface area (TPSA) is 111 Å². The molecule has 5 rings (SSSR count). The summed E-state index contributed by atoms with van der Waals surface area (Å²) in [6, 6.07) is 14.4. The molecule has 1 aliphatic rings. The number of nitrogens with one attached hydrogen (secondary N) is 1. The minimum absolute atomic E-state index is 0.0224. The molecule has 0 bridgehead atoms. The highest BCUT2D eigenvalue weighted by molar-refractivity contribution is 7.00. The molecule has 4 aromatic rings. The second-order valence-electron chi connectivity index (χ2n) is 6.87. The molecule has 1 aliphatic heterocycles. The first-order valence-corrected chi connectivity index (χ1v) is 9.74. The highest BCUT2D eigenvalue weighted by Gasteiger charge is 2.31. The number of ketones is 1. The third kappa shape index (κ3) is 3.03. The highest BCUT2D eigenvalue weighted by Crippen LogP contribution is 2.35. The maximum atomic E-state index is 13.2. The molecule has 0 radical (unpaired) electrons. The van der Waals surface area contributed by atoms with E-state index >= 15 is 0 Å². The van der Waals surface area contributed by atoms with Crippen LogP contribution in [-0.2, 0) is 0 Å². The quantitative estimate of drug-likeness (QED) is 0.508. The molecular formula is C21H15N5O2S. The molecule has 0 saturated carbocycles. The summed E-state index contributed by atoms with van der Waals surface area (Å²) < 4.78 is 8.41. The van der Waals surface area contributed by atoms with E-state index in [0.717, 1.165) is 45.3 Å². The number of Topliss-reactive ketones (excluding diaryl/α,β-unsaturated/α-hetero) is 1. The monoisotopic (exact) mass is 401 g/mol. The molecule has 142 valence electrons. The summed E-state index contributed by atoms with van der Waals surface area (Å²) >= 11 is 1.13. The Bertz CT molecular complexity index is 1270. The summed E-state index contributed by atoms with van der Waals surface area (Å²) in [4.78, 5) is 28.9. The number of nitrogens with two attached hydrogens (primary N) is 1. The number of hydrogen-bond acceptors (Lipinski definition) is 7. The van der Waals surface area contributed by atoms with Crippen LogP contribution in [0.4, 0.5) is 5.82 Å². The lowest BCUT2D eigenvalue weighted by atomic mass is 9.91. The Kier molecular flexibility index (Phi) is 4.06. The molecule has 2 aromatic carbocycles. The van der Waals surface area contributed by atoms with Crippen molar-refractivity contribution >= 4 is 40.3 Å². The van der Waals surface area contributed by atoms with Crippen LogP contribution in [-0.4, -0.2) is 32.0 Å². The predicted octanol–water partition coefficient (Wildman–Crippen LogP) is 3.24. The van der Waals surface area contributed by atoms with Crippen molar-refractivity contribution in [2.75, 3.05) is 11.9 Å². The average molecular weight is 401 g/mol. The van der Waals surface area contributed by atoms with Crippen LogP contribution in [0.25, 0.3) is 22.2 Å². The van der Waals surface area contributed by atoms with E-state index in [9.17, 15) is 9.59 Å². The van der Waals surface area contributed by atoms with Crippen molar-refractivity contribution in [1.82, 2.24) is 13.7 Å². The summed E-state index contributed by atoms with van der Waals surface area (Å²) in [5, 5.41) is 3.22. The van der Waals surface area contributed by atoms with Gasteiger partial charge in [-0.05, 0) is 42.0 Å². The van der Waals surface area contributed by atoms with E-state index in [1.165, 1.54) is 0 Å². The van der Waals surface area contributed by atoms with Crippen molar-refractivity contribution in [2.45, 2.75) is 5.92 Å². The van der Waals surface area contributed by atoms with Gasteiger partial charge in [-0.3, -0.25) is 9.59 Å². The van der Waals surface area contributed by atoms with Crippen molar-refractivity contribution in [3.05, 3.63) is 71.4 Å². The Balaban J connectivity index is 1.49. The Morgan fingerprint density at radius 1 is 0.966 bits per heavy atom. The van der Waals surface area contributed by atoms with Crippen LogP contribution in [0.3, 0.4) is 0 Å². The van der Waals surface area contributed by atoms with Crippen molar-refractivity contribution in [3.63, 3.8) is 0 Å². The van der Waals surface area contributed by atoms with Crippen LogP contribution in [0, 0.1) is 0 Å². The maximum Gasteiger partial charge on any atom is 0.248 e. The van der Waals surface area contributed by atoms with Gasteiger partial charge in [-0.1, -0.05) is 12.1 Å². The normalized spacial score (nSPS) is 15.1. The Morgan fingerprint density at radius 3 is 2.52 bits per heavy atom. The molecule has 3 heterocycles. The largest absolute Gasteiger partial charge is 0.369 e. The van der Waals surface area contributed by atoms with Crippen molar-refractivity contribution in [1.29, 1.82) is 0 Å². The summed E-state index contributed by atoms with van der Waals surface area (Å²) in [5.74, 6) is -0.0522. The maximum absolute atomic E-state index is 13.2. The molecule has 0 saturated heterocycles. The minimum Gasteiger partial charge on any atom is -0.369 e. The highest BCUT2D eigenvalue weighted by atomic mass is 32.1. The summed E-state index contributed by atoms with van der Waals surface area (Å²) in [7, 11) is 0. The lowest BCUT2D eigenvalue weighted by Gasteiger charge is -2.11. The molecule has 1 unspecified atom stereocenters. The van der Waals surface area contributed by atoms with E-state index < -0.39 is 5.91 Å². The summed E-state index contributed by atoms with van der Waals surface area (Å²) in [6.45, 7) is 0.499. The van der Waals surface area contributed by atoms with Gasteiger partial charge in [0.1, 0.15) is 16.9 Å². The zero-order valence-corrected chi connectivity index (χ0v) is 15.9. The first kappa shape index (κ1) is 17.4. The number of carbonyl (C=O) groups excluding carboxylic acids is 2. The Morgan fingerprint density at radius 2 is 1.72 bits per heavy atom. The fourth-order valence-electron chi connectivity index (χ4n) is 3.56. The van der Waals surface area contributed by atoms with Crippen LogP contribution < -0.4 is 11.1 Å². The van der Waals surface area contributed by atoms with Crippen molar-refractivity contribution in [3.8, 4) is 11.1 Å². The number of benzene rings is 2. The first-order chi connectivity index (χ1) is 14.1. The molecule has 29 heavy (non-hydrogen) atoms. The zero-order valence-electron chi connectivity index (χ0n) is 15.1. The standard InChI is InChI=1S/C21H15N5O2S/c22-20(28)12-3-1-11(2-4-12)14-7-15-16(10-24-21(15)23-9-14)19(27)13-5-6-17-18(8-13)26-29-25-17/h1-9,16H,10H2,(H2,22,28)(H,23,24). The predicted molar refractivity (Wildman–Crippen MR) is 111 cm³/mol. The number of aromatic nitrogens is 3. The number of amides is 1. The molecule has 1 amide bonds. The fourth-order valence-corrected chi connectivity index (χ4v) is 4.08. The van der Waals surface area contributed by atoms with Gasteiger partial charge in [0.25, 0.3) is 0 Å². The second-order valence-corrected chi connectivity index (χ2v) is 7.40. The fraction of sp³-hybridized carbons (Fsp3) is 0.0952. The van der Waals surface area contributed by atoms with E-state index in [1.807, 2.05) is 24.3 Å². The Labute approximate surface area is 169 Å². The molecule has 0 spiro atoms. The molecule has 0 fully saturated rings. The van der Waals surface area contributed by atoms with Gasteiger partial charge in [0.2, 0.25) is 5.91 Å². The van der Waals surface area contributed by atoms with Crippen LogP contribution in [0.15, 0.2) is 54.7 Å². The van der Waals surface area contributed by atoms with Crippen LogP contribution in [0.2, 0.25) is 0 Å². The number of fused-ring (bicyclic) bond motifs is 2. The van der Waals surface area contributed by atoms with Gasteiger partial charge in [-0.25, -0.2) is 4.98 Å². The van der Waals surface area contributed by atoms with Crippen molar-refractivity contribution < 1.29 is 9.59 Å². The van der Waals surface area contributed by atoms with Gasteiger partial charge < -0.3 is 11.1 Å². The number of hydrogen-bond donors (Lipinski definition) is 2. The number of carbonyl (C=O) groups is 2. The van der Waals surface area contributed by atoms with Gasteiger partial charge in [0.05, 0.1) is 17.6 Å². The zero-order chi connectivity index (χ0) is 20.0. The van der Waals surface area contributed by atoms with E-state index in [1.54, 1.807) is 30.5 Å². The van der Waals surface area contributed by atoms with Crippen LogP contribution in [0.1, 0.15) is 32.2 Å². The van der Waals surface area contributed by atoms with Gasteiger partial charge in [-0.15, -0.1) is 0 Å². The molecule has 1 atom stereocenters. The van der Waals surface area contributed by atoms with Crippen LogP contribution >= 0.6 is 11.7 Å². The number of pyridine rings is 1. The minimum atomic E-state index is -0.467. The lowest BCUT2D eigenvalue weighted by Crippen LogP contribution is -2.14. The molecule has 0 aliphatic carbocycles. The molecule has 7 nitrogen and oxygen atoms in total. The third-order valence-electron chi connectivity index (χ3n) is 5.12. The summed E-state index contributed by atoms with van der Waals surface area (Å²) in [5.41, 5.74) is 10.5.